The molecule has 0 spiro atoms. The van der Waals surface area contributed by atoms with E-state index in [0.29, 0.717) is 54.9 Å². The van der Waals surface area contributed by atoms with Crippen LogP contribution in [0.1, 0.15) is 86.5 Å². The third-order valence-corrected chi connectivity index (χ3v) is 9.89. The first-order chi connectivity index (χ1) is 28.8. The van der Waals surface area contributed by atoms with Gasteiger partial charge in [0.15, 0.2) is 5.82 Å². The Morgan fingerprint density at radius 2 is 1.62 bits per heavy atom. The van der Waals surface area contributed by atoms with Crippen molar-refractivity contribution in [1.82, 2.24) is 35.4 Å². The highest BCUT2D eigenvalue weighted by molar-refractivity contribution is 6.10. The Kier molecular flexibility index (Phi) is 14.9. The van der Waals surface area contributed by atoms with Gasteiger partial charge in [-0.3, -0.25) is 19.3 Å². The predicted octanol–water partition coefficient (Wildman–Crippen LogP) is 5.58. The molecule has 5 amide bonds. The largest absolute Gasteiger partial charge is 0.445 e. The number of rotatable bonds is 17. The molecular formula is C44H60N8O9. The molecule has 17 nitrogen and oxygen atoms in total. The average molecular weight is 845 g/mol. The third kappa shape index (κ3) is 12.4. The minimum Gasteiger partial charge on any atom is -0.445 e. The molecule has 17 heteroatoms. The van der Waals surface area contributed by atoms with Crippen LogP contribution in [0.3, 0.4) is 0 Å². The van der Waals surface area contributed by atoms with Crippen LogP contribution in [-0.2, 0) is 53.1 Å². The molecule has 4 N–H and O–H groups in total. The maximum atomic E-state index is 13.7. The van der Waals surface area contributed by atoms with Gasteiger partial charge in [-0.05, 0) is 86.8 Å². The Bertz CT molecular complexity index is 2200. The van der Waals surface area contributed by atoms with Gasteiger partial charge in [0.1, 0.15) is 47.8 Å². The fraction of sp³-hybridized carbons (Fsp3) is 0.523. The molecule has 0 saturated carbocycles. The van der Waals surface area contributed by atoms with E-state index in [1.807, 2.05) is 79.9 Å². The quantitative estimate of drug-likeness (QED) is 0.0967. The number of carbonyl (C=O) groups excluding carboxylic acids is 5. The summed E-state index contributed by atoms with van der Waals surface area (Å²) in [6.45, 7) is 17.5. The van der Waals surface area contributed by atoms with Gasteiger partial charge < -0.3 is 44.8 Å². The monoisotopic (exact) mass is 844 g/mol. The number of nitrogens with one attached hydrogen (secondary N) is 4. The number of carbonyl (C=O) groups is 5. The van der Waals surface area contributed by atoms with E-state index in [2.05, 4.69) is 21.3 Å². The summed E-state index contributed by atoms with van der Waals surface area (Å²) in [4.78, 5) is 76.6. The van der Waals surface area contributed by atoms with Crippen molar-refractivity contribution in [3.63, 3.8) is 0 Å². The van der Waals surface area contributed by atoms with Gasteiger partial charge >= 0.3 is 12.2 Å². The summed E-state index contributed by atoms with van der Waals surface area (Å²) in [6, 6.07) is 15.0. The SMILES string of the molecule is CCOCc1nc2c(NC(=O)[C@H](C)NC(=O)C3CCCN3C(=O)OC(C)(C)C)nc3ccccc3c2n1CC(C)(C)OCCNC(=O)C(C)(C)NC(=O)OCc1ccccc1. The maximum Gasteiger partial charge on any atom is 0.410 e. The second-order valence-electron chi connectivity index (χ2n) is 17.2. The highest BCUT2D eigenvalue weighted by Gasteiger charge is 2.38. The molecule has 0 radical (unpaired) electrons. The summed E-state index contributed by atoms with van der Waals surface area (Å²) in [5.74, 6) is -0.601. The topological polar surface area (TPSA) is 204 Å². The van der Waals surface area contributed by atoms with Crippen LogP contribution in [0, 0.1) is 0 Å². The fourth-order valence-electron chi connectivity index (χ4n) is 6.83. The van der Waals surface area contributed by atoms with E-state index < -0.39 is 58.7 Å². The Hall–Kier alpha value is -5.81. The normalized spacial score (nSPS) is 15.0. The number of pyridine rings is 1. The van der Waals surface area contributed by atoms with Crippen molar-refractivity contribution in [2.24, 2.45) is 0 Å². The zero-order valence-corrected chi connectivity index (χ0v) is 36.7. The lowest BCUT2D eigenvalue weighted by molar-refractivity contribution is -0.129. The molecule has 1 aliphatic rings. The van der Waals surface area contributed by atoms with Crippen molar-refractivity contribution in [2.45, 2.75) is 124 Å². The molecule has 1 aliphatic heterocycles. The van der Waals surface area contributed by atoms with Crippen LogP contribution in [0.25, 0.3) is 21.9 Å². The molecule has 0 aliphatic carbocycles. The molecule has 3 heterocycles. The van der Waals surface area contributed by atoms with Gasteiger partial charge in [0.25, 0.3) is 0 Å². The summed E-state index contributed by atoms with van der Waals surface area (Å²) >= 11 is 0. The van der Waals surface area contributed by atoms with E-state index in [1.165, 1.54) is 4.90 Å². The number of nitrogens with zero attached hydrogens (tertiary/aromatic N) is 4. The van der Waals surface area contributed by atoms with Gasteiger partial charge in [0.05, 0.1) is 29.8 Å². The van der Waals surface area contributed by atoms with Crippen molar-refractivity contribution < 1.29 is 42.9 Å². The fourth-order valence-corrected chi connectivity index (χ4v) is 6.83. The molecule has 0 bridgehead atoms. The first-order valence-electron chi connectivity index (χ1n) is 20.7. The van der Waals surface area contributed by atoms with Crippen molar-refractivity contribution in [3.8, 4) is 0 Å². The van der Waals surface area contributed by atoms with Crippen LogP contribution < -0.4 is 21.3 Å². The number of aromatic nitrogens is 3. The summed E-state index contributed by atoms with van der Waals surface area (Å²) < 4.78 is 25.0. The lowest BCUT2D eigenvalue weighted by atomic mass is 10.1. The number of anilines is 1. The van der Waals surface area contributed by atoms with Gasteiger partial charge in [-0.1, -0.05) is 48.5 Å². The van der Waals surface area contributed by atoms with Crippen molar-refractivity contribution in [1.29, 1.82) is 0 Å². The first-order valence-corrected chi connectivity index (χ1v) is 20.7. The minimum atomic E-state index is -1.25. The van der Waals surface area contributed by atoms with Gasteiger partial charge in [-0.25, -0.2) is 19.6 Å². The van der Waals surface area contributed by atoms with E-state index in [9.17, 15) is 24.0 Å². The third-order valence-electron chi connectivity index (χ3n) is 9.89. The summed E-state index contributed by atoms with van der Waals surface area (Å²) in [6.07, 6.45) is -0.203. The number of para-hydroxylation sites is 1. The number of hydrogen-bond acceptors (Lipinski definition) is 11. The van der Waals surface area contributed by atoms with Crippen LogP contribution >= 0.6 is 0 Å². The number of alkyl carbamates (subject to hydrolysis) is 1. The van der Waals surface area contributed by atoms with Gasteiger partial charge in [-0.2, -0.15) is 0 Å². The highest BCUT2D eigenvalue weighted by atomic mass is 16.6. The van der Waals surface area contributed by atoms with Gasteiger partial charge in [0, 0.05) is 25.1 Å². The standard InChI is InChI=1S/C44H60N8O9/c1-10-58-26-33-48-34-35(52(33)27-43(6,7)60-24-22-45-39(55)44(8,9)50-40(56)59-25-29-17-12-11-13-18-29)30-19-14-15-20-31(30)47-36(34)49-37(53)28(2)46-38(54)32-21-16-23-51(32)41(57)61-42(3,4)5/h11-15,17-20,28,32H,10,16,21-27H2,1-9H3,(H,45,55)(H,46,54)(H,50,56)(H,47,49,53)/t28-,32?/m0/s1. The lowest BCUT2D eigenvalue weighted by Gasteiger charge is -2.28. The molecule has 2 aromatic carbocycles. The number of hydrogen-bond donors (Lipinski definition) is 4. The van der Waals surface area contributed by atoms with E-state index in [0.717, 1.165) is 10.9 Å². The van der Waals surface area contributed by atoms with Crippen LogP contribution in [0.5, 0.6) is 0 Å². The number of ether oxygens (including phenoxy) is 4. The first kappa shape index (κ1) is 46.3. The molecule has 2 atom stereocenters. The lowest BCUT2D eigenvalue weighted by Crippen LogP contribution is -2.55. The molecule has 1 unspecified atom stereocenters. The second-order valence-corrected chi connectivity index (χ2v) is 17.2. The molecule has 2 aromatic heterocycles. The molecule has 4 aromatic rings. The summed E-state index contributed by atoms with van der Waals surface area (Å²) in [7, 11) is 0. The zero-order valence-electron chi connectivity index (χ0n) is 36.7. The van der Waals surface area contributed by atoms with E-state index in [1.54, 1.807) is 41.5 Å². The van der Waals surface area contributed by atoms with Gasteiger partial charge in [-0.15, -0.1) is 0 Å². The number of fused-ring (bicyclic) bond motifs is 3. The van der Waals surface area contributed by atoms with Crippen LogP contribution in [0.2, 0.25) is 0 Å². The minimum absolute atomic E-state index is 0.0756. The zero-order chi connectivity index (χ0) is 44.5. The highest BCUT2D eigenvalue weighted by Crippen LogP contribution is 2.32. The Labute approximate surface area is 356 Å². The van der Waals surface area contributed by atoms with E-state index in [4.69, 9.17) is 28.9 Å². The second kappa shape index (κ2) is 19.7. The molecule has 1 fully saturated rings. The van der Waals surface area contributed by atoms with E-state index in [-0.39, 0.29) is 32.2 Å². The number of imidazole rings is 1. The summed E-state index contributed by atoms with van der Waals surface area (Å²) in [5.41, 5.74) is -0.217. The predicted molar refractivity (Wildman–Crippen MR) is 229 cm³/mol. The Morgan fingerprint density at radius 1 is 0.918 bits per heavy atom. The number of amides is 5. The van der Waals surface area contributed by atoms with Crippen molar-refractivity contribution in [2.75, 3.05) is 31.6 Å². The number of benzene rings is 2. The van der Waals surface area contributed by atoms with Crippen LogP contribution in [0.15, 0.2) is 54.6 Å². The van der Waals surface area contributed by atoms with Gasteiger partial charge in [0.2, 0.25) is 17.7 Å². The van der Waals surface area contributed by atoms with Crippen molar-refractivity contribution in [3.05, 3.63) is 66.0 Å². The van der Waals surface area contributed by atoms with Crippen LogP contribution in [0.4, 0.5) is 15.4 Å². The molecule has 61 heavy (non-hydrogen) atoms. The molecule has 330 valence electrons. The van der Waals surface area contributed by atoms with Crippen molar-refractivity contribution >= 4 is 57.7 Å². The summed E-state index contributed by atoms with van der Waals surface area (Å²) in [5, 5.41) is 11.9. The molecular weight excluding hydrogens is 785 g/mol. The Balaban J connectivity index is 1.27. The van der Waals surface area contributed by atoms with E-state index >= 15 is 0 Å². The maximum absolute atomic E-state index is 13.7. The molecule has 5 rings (SSSR count). The Morgan fingerprint density at radius 3 is 2.33 bits per heavy atom. The van der Waals surface area contributed by atoms with Crippen LogP contribution in [-0.4, -0.2) is 104 Å². The average Bonchev–Trinajstić information content (AvgIpc) is 3.83. The molecule has 1 saturated heterocycles. The smallest absolute Gasteiger partial charge is 0.410 e. The number of likely N-dealkylation sites (tertiary alicyclic amines) is 1.